The quantitative estimate of drug-likeness (QED) is 0.750. The Morgan fingerprint density at radius 2 is 2.14 bits per heavy atom. The Bertz CT molecular complexity index is 204. The van der Waals surface area contributed by atoms with E-state index in [-0.39, 0.29) is 24.2 Å². The zero-order valence-corrected chi connectivity index (χ0v) is 10.2. The molecule has 1 aliphatic rings. The number of halogens is 1. The molecule has 1 rings (SSSR count). The number of carbonyl (C=O) groups is 1. The van der Waals surface area contributed by atoms with Gasteiger partial charge in [-0.2, -0.15) is 0 Å². The van der Waals surface area contributed by atoms with Crippen LogP contribution in [0.2, 0.25) is 0 Å². The summed E-state index contributed by atoms with van der Waals surface area (Å²) >= 11 is 0. The molecule has 1 unspecified atom stereocenters. The van der Waals surface area contributed by atoms with Crippen LogP contribution in [0.1, 0.15) is 27.7 Å². The van der Waals surface area contributed by atoms with Crippen molar-refractivity contribution in [3.8, 4) is 0 Å². The molecular weight excluding hydrogens is 200 g/mol. The lowest BCUT2D eigenvalue weighted by Gasteiger charge is -2.45. The zero-order valence-electron chi connectivity index (χ0n) is 9.39. The highest BCUT2D eigenvalue weighted by atomic mass is 35.5. The SMILES string of the molecule is CC(C)C(=O)NCC1NCC1(C)C.Cl. The lowest BCUT2D eigenvalue weighted by Crippen LogP contribution is -2.63. The number of hydrogen-bond donors (Lipinski definition) is 2. The van der Waals surface area contributed by atoms with Crippen LogP contribution in [-0.2, 0) is 4.79 Å². The summed E-state index contributed by atoms with van der Waals surface area (Å²) in [6, 6.07) is 0.440. The maximum absolute atomic E-state index is 11.3. The summed E-state index contributed by atoms with van der Waals surface area (Å²) in [4.78, 5) is 11.3. The van der Waals surface area contributed by atoms with Crippen molar-refractivity contribution in [1.82, 2.24) is 10.6 Å². The molecule has 0 bridgehead atoms. The summed E-state index contributed by atoms with van der Waals surface area (Å²) in [6.45, 7) is 10.1. The Balaban J connectivity index is 0.00000169. The van der Waals surface area contributed by atoms with Gasteiger partial charge in [0.15, 0.2) is 0 Å². The fraction of sp³-hybridized carbons (Fsp3) is 0.900. The second kappa shape index (κ2) is 4.99. The van der Waals surface area contributed by atoms with E-state index in [0.29, 0.717) is 11.5 Å². The fourth-order valence-electron chi connectivity index (χ4n) is 1.41. The third-order valence-electron chi connectivity index (χ3n) is 2.75. The van der Waals surface area contributed by atoms with Gasteiger partial charge in [-0.15, -0.1) is 12.4 Å². The van der Waals surface area contributed by atoms with Gasteiger partial charge >= 0.3 is 0 Å². The Morgan fingerprint density at radius 3 is 2.43 bits per heavy atom. The van der Waals surface area contributed by atoms with E-state index in [1.54, 1.807) is 0 Å². The number of amides is 1. The predicted molar refractivity (Wildman–Crippen MR) is 60.7 cm³/mol. The van der Waals surface area contributed by atoms with Crippen LogP contribution >= 0.6 is 12.4 Å². The molecule has 1 saturated heterocycles. The third kappa shape index (κ3) is 3.14. The van der Waals surface area contributed by atoms with Gasteiger partial charge in [0, 0.05) is 25.0 Å². The zero-order chi connectivity index (χ0) is 10.1. The highest BCUT2D eigenvalue weighted by Gasteiger charge is 2.37. The molecule has 1 atom stereocenters. The van der Waals surface area contributed by atoms with E-state index in [4.69, 9.17) is 0 Å². The van der Waals surface area contributed by atoms with Crippen LogP contribution in [0.5, 0.6) is 0 Å². The average Bonchev–Trinajstić information content (AvgIpc) is 2.02. The van der Waals surface area contributed by atoms with E-state index in [9.17, 15) is 4.79 Å². The maximum Gasteiger partial charge on any atom is 0.222 e. The van der Waals surface area contributed by atoms with Crippen molar-refractivity contribution in [2.24, 2.45) is 11.3 Å². The normalized spacial score (nSPS) is 23.6. The van der Waals surface area contributed by atoms with Gasteiger partial charge < -0.3 is 10.6 Å². The molecule has 1 aliphatic heterocycles. The topological polar surface area (TPSA) is 41.1 Å². The van der Waals surface area contributed by atoms with Gasteiger partial charge in [0.1, 0.15) is 0 Å². The van der Waals surface area contributed by atoms with Gasteiger partial charge in [0.05, 0.1) is 0 Å². The Kier molecular flexibility index (Phi) is 4.89. The van der Waals surface area contributed by atoms with Gasteiger partial charge in [0.2, 0.25) is 5.91 Å². The minimum Gasteiger partial charge on any atom is -0.354 e. The number of hydrogen-bond acceptors (Lipinski definition) is 2. The lowest BCUT2D eigenvalue weighted by molar-refractivity contribution is -0.124. The Hall–Kier alpha value is -0.280. The maximum atomic E-state index is 11.3. The number of carbonyl (C=O) groups excluding carboxylic acids is 1. The first-order valence-electron chi connectivity index (χ1n) is 4.94. The summed E-state index contributed by atoms with van der Waals surface area (Å²) in [5, 5.41) is 6.25. The molecule has 1 amide bonds. The second-order valence-corrected chi connectivity index (χ2v) is 4.82. The van der Waals surface area contributed by atoms with E-state index >= 15 is 0 Å². The summed E-state index contributed by atoms with van der Waals surface area (Å²) < 4.78 is 0. The van der Waals surface area contributed by atoms with Crippen LogP contribution in [0, 0.1) is 11.3 Å². The van der Waals surface area contributed by atoms with Crippen LogP contribution in [0.3, 0.4) is 0 Å². The van der Waals surface area contributed by atoms with Gasteiger partial charge in [-0.25, -0.2) is 0 Å². The average molecular weight is 221 g/mol. The van der Waals surface area contributed by atoms with Gasteiger partial charge in [0.25, 0.3) is 0 Å². The monoisotopic (exact) mass is 220 g/mol. The van der Waals surface area contributed by atoms with E-state index in [1.165, 1.54) is 0 Å². The number of nitrogens with one attached hydrogen (secondary N) is 2. The molecular formula is C10H21ClN2O. The summed E-state index contributed by atoms with van der Waals surface area (Å²) in [6.07, 6.45) is 0. The summed E-state index contributed by atoms with van der Waals surface area (Å²) in [7, 11) is 0. The molecule has 84 valence electrons. The molecule has 1 fully saturated rings. The first-order valence-corrected chi connectivity index (χ1v) is 4.94. The fourth-order valence-corrected chi connectivity index (χ4v) is 1.41. The highest BCUT2D eigenvalue weighted by Crippen LogP contribution is 2.27. The predicted octanol–water partition coefficient (Wildman–Crippen LogP) is 1.18. The minimum atomic E-state index is 0. The van der Waals surface area contributed by atoms with Crippen molar-refractivity contribution in [3.05, 3.63) is 0 Å². The van der Waals surface area contributed by atoms with Crippen molar-refractivity contribution in [3.63, 3.8) is 0 Å². The van der Waals surface area contributed by atoms with Gasteiger partial charge in [-0.05, 0) is 5.41 Å². The molecule has 3 nitrogen and oxygen atoms in total. The molecule has 0 aromatic heterocycles. The van der Waals surface area contributed by atoms with Gasteiger partial charge in [-0.3, -0.25) is 4.79 Å². The van der Waals surface area contributed by atoms with Crippen molar-refractivity contribution >= 4 is 18.3 Å². The standard InChI is InChI=1S/C10H20N2O.ClH/c1-7(2)9(13)11-5-8-10(3,4)6-12-8;/h7-8,12H,5-6H2,1-4H3,(H,11,13);1H. The summed E-state index contributed by atoms with van der Waals surface area (Å²) in [5.74, 6) is 0.229. The van der Waals surface area contributed by atoms with Crippen LogP contribution in [-0.4, -0.2) is 25.0 Å². The second-order valence-electron chi connectivity index (χ2n) is 4.82. The minimum absolute atomic E-state index is 0. The van der Waals surface area contributed by atoms with Crippen LogP contribution in [0.15, 0.2) is 0 Å². The molecule has 1 heterocycles. The third-order valence-corrected chi connectivity index (χ3v) is 2.75. The molecule has 0 aromatic rings. The van der Waals surface area contributed by atoms with Crippen molar-refractivity contribution in [1.29, 1.82) is 0 Å². The smallest absolute Gasteiger partial charge is 0.222 e. The van der Waals surface area contributed by atoms with Gasteiger partial charge in [-0.1, -0.05) is 27.7 Å². The van der Waals surface area contributed by atoms with E-state index in [1.807, 2.05) is 13.8 Å². The largest absolute Gasteiger partial charge is 0.354 e. The Labute approximate surface area is 92.4 Å². The van der Waals surface area contributed by atoms with Crippen molar-refractivity contribution in [2.75, 3.05) is 13.1 Å². The van der Waals surface area contributed by atoms with Crippen molar-refractivity contribution in [2.45, 2.75) is 33.7 Å². The van der Waals surface area contributed by atoms with Crippen molar-refractivity contribution < 1.29 is 4.79 Å². The molecule has 0 spiro atoms. The van der Waals surface area contributed by atoms with Crippen LogP contribution in [0.4, 0.5) is 0 Å². The highest BCUT2D eigenvalue weighted by molar-refractivity contribution is 5.85. The lowest BCUT2D eigenvalue weighted by atomic mass is 9.77. The van der Waals surface area contributed by atoms with E-state index < -0.39 is 0 Å². The van der Waals surface area contributed by atoms with E-state index in [2.05, 4.69) is 24.5 Å². The summed E-state index contributed by atoms with van der Waals surface area (Å²) in [5.41, 5.74) is 0.338. The van der Waals surface area contributed by atoms with Crippen LogP contribution in [0.25, 0.3) is 0 Å². The molecule has 2 N–H and O–H groups in total. The Morgan fingerprint density at radius 1 is 1.57 bits per heavy atom. The molecule has 14 heavy (non-hydrogen) atoms. The first-order chi connectivity index (χ1) is 5.93. The number of rotatable bonds is 3. The molecule has 0 aliphatic carbocycles. The first kappa shape index (κ1) is 13.7. The van der Waals surface area contributed by atoms with E-state index in [0.717, 1.165) is 13.1 Å². The van der Waals surface area contributed by atoms with Crippen LogP contribution < -0.4 is 10.6 Å². The molecule has 0 radical (unpaired) electrons. The molecule has 4 heteroatoms. The molecule has 0 saturated carbocycles. The molecule has 0 aromatic carbocycles.